The standard InChI is InChI=1S/C20H26Cl2N4O3/c1-3-17-23-19-15(12-14(21)13-16(19)22)20(24-17)26(6-9-28-2)5-4-18(27)25-7-10-29-11-8-25/h12-13H,3-11H2,1-2H3. The minimum atomic E-state index is 0.112. The highest BCUT2D eigenvalue weighted by molar-refractivity contribution is 6.38. The van der Waals surface area contributed by atoms with Gasteiger partial charge in [0.25, 0.3) is 0 Å². The summed E-state index contributed by atoms with van der Waals surface area (Å²) >= 11 is 12.7. The molecule has 0 N–H and O–H groups in total. The number of ether oxygens (including phenoxy) is 2. The van der Waals surface area contributed by atoms with Crippen molar-refractivity contribution in [3.8, 4) is 0 Å². The Kier molecular flexibility index (Phi) is 7.89. The van der Waals surface area contributed by atoms with Crippen molar-refractivity contribution >= 4 is 45.8 Å². The fourth-order valence-electron chi connectivity index (χ4n) is 3.31. The van der Waals surface area contributed by atoms with Gasteiger partial charge in [-0.1, -0.05) is 30.1 Å². The van der Waals surface area contributed by atoms with E-state index in [-0.39, 0.29) is 5.91 Å². The van der Waals surface area contributed by atoms with Crippen LogP contribution in [0.1, 0.15) is 19.2 Å². The van der Waals surface area contributed by atoms with Crippen LogP contribution < -0.4 is 4.90 Å². The summed E-state index contributed by atoms with van der Waals surface area (Å²) in [5.41, 5.74) is 0.667. The number of nitrogens with zero attached hydrogens (tertiary/aromatic N) is 4. The molecule has 1 aliphatic rings. The minimum Gasteiger partial charge on any atom is -0.383 e. The first-order valence-electron chi connectivity index (χ1n) is 9.78. The third-order valence-electron chi connectivity index (χ3n) is 4.89. The van der Waals surface area contributed by atoms with Crippen molar-refractivity contribution in [2.75, 3.05) is 58.0 Å². The number of hydrogen-bond donors (Lipinski definition) is 0. The van der Waals surface area contributed by atoms with Gasteiger partial charge in [-0.25, -0.2) is 9.97 Å². The smallest absolute Gasteiger partial charge is 0.224 e. The number of carbonyl (C=O) groups excluding carboxylic acids is 1. The minimum absolute atomic E-state index is 0.112. The summed E-state index contributed by atoms with van der Waals surface area (Å²) in [6, 6.07) is 3.50. The van der Waals surface area contributed by atoms with Crippen LogP contribution in [-0.2, 0) is 20.7 Å². The quantitative estimate of drug-likeness (QED) is 0.627. The molecule has 1 fully saturated rings. The Balaban J connectivity index is 1.90. The van der Waals surface area contributed by atoms with E-state index in [1.807, 2.05) is 17.9 Å². The van der Waals surface area contributed by atoms with Crippen LogP contribution in [0.25, 0.3) is 10.9 Å². The van der Waals surface area contributed by atoms with Crippen LogP contribution in [0.2, 0.25) is 10.0 Å². The zero-order valence-electron chi connectivity index (χ0n) is 16.8. The molecule has 0 atom stereocenters. The van der Waals surface area contributed by atoms with E-state index in [1.165, 1.54) is 0 Å². The van der Waals surface area contributed by atoms with Crippen LogP contribution in [0, 0.1) is 0 Å². The zero-order chi connectivity index (χ0) is 20.8. The summed E-state index contributed by atoms with van der Waals surface area (Å²) < 4.78 is 10.6. The molecule has 0 aliphatic carbocycles. The molecule has 1 aliphatic heterocycles. The highest BCUT2D eigenvalue weighted by atomic mass is 35.5. The Morgan fingerprint density at radius 2 is 2.00 bits per heavy atom. The summed E-state index contributed by atoms with van der Waals surface area (Å²) in [5, 5.41) is 1.78. The largest absolute Gasteiger partial charge is 0.383 e. The summed E-state index contributed by atoms with van der Waals surface area (Å²) in [7, 11) is 1.65. The first kappa shape index (κ1) is 22.0. The van der Waals surface area contributed by atoms with E-state index >= 15 is 0 Å². The van der Waals surface area contributed by atoms with Crippen molar-refractivity contribution in [3.05, 3.63) is 28.0 Å². The van der Waals surface area contributed by atoms with Crippen molar-refractivity contribution in [1.82, 2.24) is 14.9 Å². The molecule has 2 aromatic rings. The van der Waals surface area contributed by atoms with Gasteiger partial charge in [0.1, 0.15) is 11.6 Å². The second-order valence-corrected chi connectivity index (χ2v) is 7.67. The van der Waals surface area contributed by atoms with Gasteiger partial charge in [0.15, 0.2) is 0 Å². The maximum absolute atomic E-state index is 12.6. The molecule has 1 aromatic carbocycles. The fourth-order valence-corrected chi connectivity index (χ4v) is 3.85. The number of halogens is 2. The maximum atomic E-state index is 12.6. The molecule has 0 radical (unpaired) electrons. The number of carbonyl (C=O) groups is 1. The average molecular weight is 441 g/mol. The fraction of sp³-hybridized carbons (Fsp3) is 0.550. The molecule has 1 amide bonds. The molecular weight excluding hydrogens is 415 g/mol. The number of hydrogen-bond acceptors (Lipinski definition) is 6. The van der Waals surface area contributed by atoms with Gasteiger partial charge in [-0.05, 0) is 12.1 Å². The molecule has 0 spiro atoms. The Hall–Kier alpha value is -1.67. The van der Waals surface area contributed by atoms with Crippen molar-refractivity contribution in [2.24, 2.45) is 0 Å². The summed E-state index contributed by atoms with van der Waals surface area (Å²) in [6.07, 6.45) is 1.05. The van der Waals surface area contributed by atoms with Gasteiger partial charge in [-0.3, -0.25) is 4.79 Å². The van der Waals surface area contributed by atoms with E-state index in [2.05, 4.69) is 9.88 Å². The van der Waals surface area contributed by atoms with Crippen molar-refractivity contribution < 1.29 is 14.3 Å². The Morgan fingerprint density at radius 3 is 2.69 bits per heavy atom. The van der Waals surface area contributed by atoms with Crippen molar-refractivity contribution in [2.45, 2.75) is 19.8 Å². The van der Waals surface area contributed by atoms with Crippen molar-refractivity contribution in [1.29, 1.82) is 0 Å². The Bertz CT molecular complexity index is 859. The van der Waals surface area contributed by atoms with Gasteiger partial charge < -0.3 is 19.3 Å². The molecule has 0 bridgehead atoms. The molecule has 3 rings (SSSR count). The monoisotopic (exact) mass is 440 g/mol. The lowest BCUT2D eigenvalue weighted by molar-refractivity contribution is -0.135. The molecule has 2 heterocycles. The summed E-state index contributed by atoms with van der Waals surface area (Å²) in [6.45, 7) is 6.06. The average Bonchev–Trinajstić information content (AvgIpc) is 2.74. The number of amides is 1. The van der Waals surface area contributed by atoms with Crippen LogP contribution >= 0.6 is 23.2 Å². The van der Waals surface area contributed by atoms with Crippen LogP contribution in [0.3, 0.4) is 0 Å². The molecule has 0 unspecified atom stereocenters. The molecular formula is C20H26Cl2N4O3. The molecule has 158 valence electrons. The summed E-state index contributed by atoms with van der Waals surface area (Å²) in [4.78, 5) is 25.9. The lowest BCUT2D eigenvalue weighted by Gasteiger charge is -2.29. The van der Waals surface area contributed by atoms with E-state index in [0.717, 1.165) is 11.2 Å². The second kappa shape index (κ2) is 10.4. The molecule has 29 heavy (non-hydrogen) atoms. The number of anilines is 1. The van der Waals surface area contributed by atoms with Gasteiger partial charge in [0, 0.05) is 56.5 Å². The lowest BCUT2D eigenvalue weighted by Crippen LogP contribution is -2.42. The van der Waals surface area contributed by atoms with Gasteiger partial charge in [-0.15, -0.1) is 0 Å². The molecule has 7 nitrogen and oxygen atoms in total. The molecule has 1 aromatic heterocycles. The van der Waals surface area contributed by atoms with E-state index in [1.54, 1.807) is 13.2 Å². The highest BCUT2D eigenvalue weighted by Crippen LogP contribution is 2.32. The van der Waals surface area contributed by atoms with E-state index in [9.17, 15) is 4.79 Å². The first-order chi connectivity index (χ1) is 14.0. The van der Waals surface area contributed by atoms with Crippen molar-refractivity contribution in [3.63, 3.8) is 0 Å². The SMILES string of the molecule is CCc1nc(N(CCOC)CCC(=O)N2CCOCC2)c2cc(Cl)cc(Cl)c2n1. The third-order valence-corrected chi connectivity index (χ3v) is 5.39. The topological polar surface area (TPSA) is 67.8 Å². The number of benzene rings is 1. The van der Waals surface area contributed by atoms with E-state index in [0.29, 0.717) is 80.2 Å². The van der Waals surface area contributed by atoms with Crippen LogP contribution in [-0.4, -0.2) is 73.9 Å². The highest BCUT2D eigenvalue weighted by Gasteiger charge is 2.21. The molecule has 0 saturated carbocycles. The van der Waals surface area contributed by atoms with Crippen LogP contribution in [0.4, 0.5) is 5.82 Å². The lowest BCUT2D eigenvalue weighted by atomic mass is 10.2. The van der Waals surface area contributed by atoms with Crippen LogP contribution in [0.5, 0.6) is 0 Å². The normalized spacial score (nSPS) is 14.4. The predicted molar refractivity (Wildman–Crippen MR) is 115 cm³/mol. The number of aromatic nitrogens is 2. The number of aryl methyl sites for hydroxylation is 1. The second-order valence-electron chi connectivity index (χ2n) is 6.82. The first-order valence-corrected chi connectivity index (χ1v) is 10.5. The van der Waals surface area contributed by atoms with Gasteiger partial charge in [0.2, 0.25) is 5.91 Å². The number of methoxy groups -OCH3 is 1. The Morgan fingerprint density at radius 1 is 1.24 bits per heavy atom. The summed E-state index contributed by atoms with van der Waals surface area (Å²) in [5.74, 6) is 1.53. The molecule has 1 saturated heterocycles. The molecule has 9 heteroatoms. The third kappa shape index (κ3) is 5.48. The maximum Gasteiger partial charge on any atom is 0.224 e. The number of morpholine rings is 1. The number of rotatable bonds is 8. The van der Waals surface area contributed by atoms with Gasteiger partial charge in [-0.2, -0.15) is 0 Å². The van der Waals surface area contributed by atoms with E-state index in [4.69, 9.17) is 37.7 Å². The Labute approximate surface area is 180 Å². The van der Waals surface area contributed by atoms with E-state index < -0.39 is 0 Å². The predicted octanol–water partition coefficient (Wildman–Crippen LogP) is 3.20. The van der Waals surface area contributed by atoms with Gasteiger partial charge >= 0.3 is 0 Å². The zero-order valence-corrected chi connectivity index (χ0v) is 18.3. The van der Waals surface area contributed by atoms with Gasteiger partial charge in [0.05, 0.1) is 30.4 Å². The van der Waals surface area contributed by atoms with Crippen LogP contribution in [0.15, 0.2) is 12.1 Å². The number of fused-ring (bicyclic) bond motifs is 1.